The first-order chi connectivity index (χ1) is 10.4. The van der Waals surface area contributed by atoms with Gasteiger partial charge in [-0.05, 0) is 17.7 Å². The zero-order valence-electron chi connectivity index (χ0n) is 11.3. The van der Waals surface area contributed by atoms with Crippen molar-refractivity contribution in [3.63, 3.8) is 0 Å². The minimum absolute atomic E-state index is 0.0126. The van der Waals surface area contributed by atoms with Crippen LogP contribution in [0.25, 0.3) is 0 Å². The van der Waals surface area contributed by atoms with Crippen LogP contribution >= 0.6 is 0 Å². The number of ether oxygens (including phenoxy) is 1. The molecule has 1 heterocycles. The van der Waals surface area contributed by atoms with Gasteiger partial charge in [-0.1, -0.05) is 6.07 Å². The van der Waals surface area contributed by atoms with Crippen molar-refractivity contribution in [3.8, 4) is 34.5 Å². The number of hydrogen-bond acceptors (Lipinski definition) is 7. The summed E-state index contributed by atoms with van der Waals surface area (Å²) in [5.74, 6) is -2.28. The summed E-state index contributed by atoms with van der Waals surface area (Å²) >= 11 is 0. The standard InChI is InChI=1S/C15H14O7/c16-8-2-1-6(3-9(8)17)15-11(19)4-7-12(22-15)5-10(18)14(21)13(7)20/h1-3,5,11,15-21H,4H2/t11-,15-/m1/s1. The van der Waals surface area contributed by atoms with Crippen molar-refractivity contribution in [1.82, 2.24) is 0 Å². The quantitative estimate of drug-likeness (QED) is 0.437. The number of hydrogen-bond donors (Lipinski definition) is 6. The lowest BCUT2D eigenvalue weighted by atomic mass is 9.93. The Kier molecular flexibility index (Phi) is 3.14. The van der Waals surface area contributed by atoms with Gasteiger partial charge in [0.15, 0.2) is 23.0 Å². The molecule has 1 aliphatic heterocycles. The maximum atomic E-state index is 10.2. The van der Waals surface area contributed by atoms with Crippen LogP contribution in [-0.4, -0.2) is 36.7 Å². The fraction of sp³-hybridized carbons (Fsp3) is 0.200. The summed E-state index contributed by atoms with van der Waals surface area (Å²) in [6.07, 6.45) is -1.92. The molecule has 0 radical (unpaired) electrons. The Hall–Kier alpha value is -2.80. The van der Waals surface area contributed by atoms with Gasteiger partial charge in [-0.25, -0.2) is 0 Å². The Labute approximate surface area is 124 Å². The third-order valence-electron chi connectivity index (χ3n) is 3.66. The van der Waals surface area contributed by atoms with Crippen molar-refractivity contribution in [2.24, 2.45) is 0 Å². The maximum Gasteiger partial charge on any atom is 0.200 e. The van der Waals surface area contributed by atoms with Crippen molar-refractivity contribution in [2.45, 2.75) is 18.6 Å². The molecule has 0 aromatic heterocycles. The maximum absolute atomic E-state index is 10.2. The van der Waals surface area contributed by atoms with Crippen molar-refractivity contribution in [1.29, 1.82) is 0 Å². The van der Waals surface area contributed by atoms with Crippen LogP contribution < -0.4 is 4.74 Å². The summed E-state index contributed by atoms with van der Waals surface area (Å²) in [7, 11) is 0. The number of aliphatic hydroxyl groups excluding tert-OH is 1. The normalized spacial score (nSPS) is 20.2. The Morgan fingerprint density at radius 2 is 1.59 bits per heavy atom. The monoisotopic (exact) mass is 306 g/mol. The molecule has 6 N–H and O–H groups in total. The van der Waals surface area contributed by atoms with Crippen LogP contribution in [0, 0.1) is 0 Å². The molecule has 116 valence electrons. The molecular weight excluding hydrogens is 292 g/mol. The average Bonchev–Trinajstić information content (AvgIpc) is 2.48. The number of aromatic hydroxyl groups is 5. The fourth-order valence-electron chi connectivity index (χ4n) is 2.50. The second-order valence-corrected chi connectivity index (χ2v) is 5.13. The summed E-state index contributed by atoms with van der Waals surface area (Å²) in [6.45, 7) is 0. The molecule has 0 saturated carbocycles. The first-order valence-electron chi connectivity index (χ1n) is 6.52. The minimum Gasteiger partial charge on any atom is -0.504 e. The minimum atomic E-state index is -1.05. The lowest BCUT2D eigenvalue weighted by Crippen LogP contribution is -2.30. The first-order valence-corrected chi connectivity index (χ1v) is 6.52. The summed E-state index contributed by atoms with van der Waals surface area (Å²) in [5, 5.41) is 57.9. The number of benzene rings is 2. The van der Waals surface area contributed by atoms with Crippen LogP contribution in [-0.2, 0) is 6.42 Å². The van der Waals surface area contributed by atoms with Crippen LogP contribution in [0.3, 0.4) is 0 Å². The SMILES string of the molecule is Oc1ccc([C@H]2Oc3cc(O)c(O)c(O)c3C[C@H]2O)cc1O. The summed E-state index contributed by atoms with van der Waals surface area (Å²) in [4.78, 5) is 0. The highest BCUT2D eigenvalue weighted by atomic mass is 16.5. The highest BCUT2D eigenvalue weighted by molar-refractivity contribution is 5.60. The fourth-order valence-corrected chi connectivity index (χ4v) is 2.50. The van der Waals surface area contributed by atoms with E-state index in [2.05, 4.69) is 0 Å². The number of phenols is 5. The highest BCUT2D eigenvalue weighted by Crippen LogP contribution is 2.48. The lowest BCUT2D eigenvalue weighted by molar-refractivity contribution is 0.0195. The molecule has 22 heavy (non-hydrogen) atoms. The third-order valence-corrected chi connectivity index (χ3v) is 3.66. The van der Waals surface area contributed by atoms with E-state index in [0.717, 1.165) is 6.07 Å². The molecule has 7 nitrogen and oxygen atoms in total. The zero-order chi connectivity index (χ0) is 16.0. The Morgan fingerprint density at radius 1 is 0.864 bits per heavy atom. The molecule has 0 spiro atoms. The average molecular weight is 306 g/mol. The Bertz CT molecular complexity index is 741. The van der Waals surface area contributed by atoms with Crippen LogP contribution in [0.5, 0.6) is 34.5 Å². The van der Waals surface area contributed by atoms with E-state index in [4.69, 9.17) is 4.74 Å². The summed E-state index contributed by atoms with van der Waals surface area (Å²) < 4.78 is 5.57. The van der Waals surface area contributed by atoms with E-state index in [1.165, 1.54) is 18.2 Å². The predicted molar refractivity (Wildman–Crippen MR) is 74.3 cm³/mol. The van der Waals surface area contributed by atoms with Gasteiger partial charge in [0.05, 0.1) is 6.10 Å². The van der Waals surface area contributed by atoms with Gasteiger partial charge in [0.25, 0.3) is 0 Å². The summed E-state index contributed by atoms with van der Waals surface area (Å²) in [6, 6.07) is 5.15. The van der Waals surface area contributed by atoms with Gasteiger partial charge in [-0.2, -0.15) is 0 Å². The molecular formula is C15H14O7. The number of aliphatic hydroxyl groups is 1. The molecule has 0 saturated heterocycles. The van der Waals surface area contributed by atoms with Gasteiger partial charge in [-0.15, -0.1) is 0 Å². The van der Waals surface area contributed by atoms with Crippen LogP contribution in [0.4, 0.5) is 0 Å². The predicted octanol–water partition coefficient (Wildman–Crippen LogP) is 1.25. The van der Waals surface area contributed by atoms with Crippen molar-refractivity contribution < 1.29 is 35.4 Å². The molecule has 7 heteroatoms. The molecule has 0 bridgehead atoms. The van der Waals surface area contributed by atoms with E-state index < -0.39 is 29.5 Å². The van der Waals surface area contributed by atoms with Crippen molar-refractivity contribution in [3.05, 3.63) is 35.4 Å². The Balaban J connectivity index is 2.02. The van der Waals surface area contributed by atoms with Gasteiger partial charge in [0.2, 0.25) is 5.75 Å². The largest absolute Gasteiger partial charge is 0.504 e. The topological polar surface area (TPSA) is 131 Å². The Morgan fingerprint density at radius 3 is 2.27 bits per heavy atom. The van der Waals surface area contributed by atoms with E-state index >= 15 is 0 Å². The van der Waals surface area contributed by atoms with Gasteiger partial charge < -0.3 is 35.4 Å². The van der Waals surface area contributed by atoms with Gasteiger partial charge in [0, 0.05) is 18.1 Å². The summed E-state index contributed by atoms with van der Waals surface area (Å²) in [5.41, 5.74) is 0.600. The first kappa shape index (κ1) is 14.2. The zero-order valence-corrected chi connectivity index (χ0v) is 11.3. The molecule has 2 atom stereocenters. The van der Waals surface area contributed by atoms with E-state index in [1.807, 2.05) is 0 Å². The van der Waals surface area contributed by atoms with Crippen molar-refractivity contribution >= 4 is 0 Å². The molecule has 3 rings (SSSR count). The second kappa shape index (κ2) is 4.88. The smallest absolute Gasteiger partial charge is 0.200 e. The van der Waals surface area contributed by atoms with Gasteiger partial charge in [0.1, 0.15) is 11.9 Å². The molecule has 0 fully saturated rings. The van der Waals surface area contributed by atoms with Crippen LogP contribution in [0.1, 0.15) is 17.2 Å². The lowest BCUT2D eigenvalue weighted by Gasteiger charge is -2.31. The molecule has 0 amide bonds. The van der Waals surface area contributed by atoms with Gasteiger partial charge in [-0.3, -0.25) is 0 Å². The third kappa shape index (κ3) is 2.11. The molecule has 0 aliphatic carbocycles. The van der Waals surface area contributed by atoms with E-state index in [-0.39, 0.29) is 29.2 Å². The molecule has 1 aliphatic rings. The van der Waals surface area contributed by atoms with E-state index in [1.54, 1.807) is 0 Å². The second-order valence-electron chi connectivity index (χ2n) is 5.13. The van der Waals surface area contributed by atoms with Crippen LogP contribution in [0.15, 0.2) is 24.3 Å². The molecule has 0 unspecified atom stereocenters. The van der Waals surface area contributed by atoms with Gasteiger partial charge >= 0.3 is 0 Å². The molecule has 2 aromatic carbocycles. The highest BCUT2D eigenvalue weighted by Gasteiger charge is 2.33. The van der Waals surface area contributed by atoms with E-state index in [9.17, 15) is 30.6 Å². The number of phenolic OH excluding ortho intramolecular Hbond substituents is 5. The number of rotatable bonds is 1. The number of fused-ring (bicyclic) bond motifs is 1. The van der Waals surface area contributed by atoms with Crippen LogP contribution in [0.2, 0.25) is 0 Å². The molecule has 2 aromatic rings. The van der Waals surface area contributed by atoms with E-state index in [0.29, 0.717) is 5.56 Å². The van der Waals surface area contributed by atoms with Crippen molar-refractivity contribution in [2.75, 3.05) is 0 Å².